The molecule has 126 valence electrons. The molecule has 1 aromatic rings. The number of hydrogen-bond donors (Lipinski definition) is 1. The number of carbonyl (C=O) groups is 1. The van der Waals surface area contributed by atoms with Crippen molar-refractivity contribution in [1.29, 1.82) is 0 Å². The van der Waals surface area contributed by atoms with E-state index in [9.17, 15) is 17.6 Å². The number of allylic oxidation sites excluding steroid dienone is 1. The van der Waals surface area contributed by atoms with Gasteiger partial charge in [-0.1, -0.05) is 17.7 Å². The maximum atomic E-state index is 13.2. The Morgan fingerprint density at radius 2 is 2.30 bits per heavy atom. The molecule has 1 aliphatic carbocycles. The Hall–Kier alpha value is -1.60. The first kappa shape index (κ1) is 11.0. The Labute approximate surface area is 148 Å². The maximum Gasteiger partial charge on any atom is 0.335 e. The Balaban J connectivity index is 2.67. The fourth-order valence-corrected chi connectivity index (χ4v) is 3.37. The van der Waals surface area contributed by atoms with Crippen LogP contribution in [0.3, 0.4) is 0 Å². The van der Waals surface area contributed by atoms with Crippen LogP contribution in [0.4, 0.5) is 10.1 Å². The smallest absolute Gasteiger partial charge is 0.335 e. The van der Waals surface area contributed by atoms with Gasteiger partial charge in [-0.25, -0.2) is 17.6 Å². The predicted octanol–water partition coefficient (Wildman–Crippen LogP) is 3.26. The van der Waals surface area contributed by atoms with Crippen molar-refractivity contribution in [1.82, 2.24) is 0 Å². The quantitative estimate of drug-likeness (QED) is 0.811. The third-order valence-electron chi connectivity index (χ3n) is 2.79. The molecule has 0 aliphatic heterocycles. The van der Waals surface area contributed by atoms with E-state index >= 15 is 0 Å². The van der Waals surface area contributed by atoms with Gasteiger partial charge in [0.25, 0.3) is 0 Å². The highest BCUT2D eigenvalue weighted by molar-refractivity contribution is 7.93. The second-order valence-corrected chi connectivity index (χ2v) is 6.56. The van der Waals surface area contributed by atoms with Crippen LogP contribution in [-0.2, 0) is 19.6 Å². The first-order valence-electron chi connectivity index (χ1n) is 9.45. The molecule has 1 unspecified atom stereocenters. The summed E-state index contributed by atoms with van der Waals surface area (Å²) in [5.74, 6) is -2.07. The minimum absolute atomic E-state index is 0.209. The minimum Gasteiger partial charge on any atom is -0.463 e. The molecule has 0 aromatic heterocycles. The molecular weight excluding hydrogens is 345 g/mol. The van der Waals surface area contributed by atoms with Gasteiger partial charge in [0.2, 0.25) is 10.0 Å². The van der Waals surface area contributed by atoms with E-state index in [0.29, 0.717) is 6.08 Å². The van der Waals surface area contributed by atoms with E-state index in [1.807, 2.05) is 4.72 Å². The van der Waals surface area contributed by atoms with Crippen LogP contribution in [0, 0.1) is 5.82 Å². The molecule has 23 heavy (non-hydrogen) atoms. The highest BCUT2D eigenvalue weighted by atomic mass is 35.5. The van der Waals surface area contributed by atoms with Crippen molar-refractivity contribution in [3.8, 4) is 0 Å². The number of rotatable bonds is 5. The molecule has 0 spiro atoms. The summed E-state index contributed by atoms with van der Waals surface area (Å²) in [7, 11) is -4.92. The highest BCUT2D eigenvalue weighted by Crippen LogP contribution is 2.30. The van der Waals surface area contributed by atoms with Gasteiger partial charge in [-0.15, -0.1) is 0 Å². The summed E-state index contributed by atoms with van der Waals surface area (Å²) in [5, 5.41) is -2.83. The SMILES string of the molecule is [2H]C1([2H])C=C(C(=O)OCC)C(S(=O)(=O)Nc2ccc(F)cc2Cl)C([2H])([2H])C1([2H])[2H]. The van der Waals surface area contributed by atoms with Gasteiger partial charge in [0, 0.05) is 8.22 Å². The first-order valence-corrected chi connectivity index (χ1v) is 8.37. The summed E-state index contributed by atoms with van der Waals surface area (Å²) >= 11 is 5.79. The molecule has 2 rings (SSSR count). The van der Waals surface area contributed by atoms with Crippen LogP contribution in [0.2, 0.25) is 5.02 Å². The number of hydrogen-bond acceptors (Lipinski definition) is 4. The van der Waals surface area contributed by atoms with Gasteiger partial charge in [0.15, 0.2) is 0 Å². The van der Waals surface area contributed by atoms with E-state index < -0.39 is 51.8 Å². The van der Waals surface area contributed by atoms with E-state index in [1.54, 1.807) is 0 Å². The molecule has 1 N–H and O–H groups in total. The topological polar surface area (TPSA) is 72.5 Å². The number of nitrogens with one attached hydrogen (secondary N) is 1. The lowest BCUT2D eigenvalue weighted by Gasteiger charge is -2.24. The lowest BCUT2D eigenvalue weighted by Crippen LogP contribution is -2.34. The normalized spacial score (nSPS) is 28.7. The summed E-state index contributed by atoms with van der Waals surface area (Å²) in [6.07, 6.45) is -9.33. The summed E-state index contributed by atoms with van der Waals surface area (Å²) in [5.41, 5.74) is -1.23. The molecule has 0 radical (unpaired) electrons. The van der Waals surface area contributed by atoms with Crippen molar-refractivity contribution < 1.29 is 30.6 Å². The van der Waals surface area contributed by atoms with Crippen molar-refractivity contribution in [3.05, 3.63) is 40.7 Å². The van der Waals surface area contributed by atoms with Gasteiger partial charge in [0.05, 0.1) is 22.9 Å². The molecule has 0 heterocycles. The van der Waals surface area contributed by atoms with Crippen molar-refractivity contribution in [3.63, 3.8) is 0 Å². The maximum absolute atomic E-state index is 13.2. The van der Waals surface area contributed by atoms with E-state index in [4.69, 9.17) is 24.6 Å². The molecule has 5 nitrogen and oxygen atoms in total. The van der Waals surface area contributed by atoms with Crippen LogP contribution in [-0.4, -0.2) is 26.2 Å². The lowest BCUT2D eigenvalue weighted by atomic mass is 9.99. The molecule has 0 fully saturated rings. The number of carbonyl (C=O) groups excluding carboxylic acids is 1. The van der Waals surface area contributed by atoms with Gasteiger partial charge >= 0.3 is 5.97 Å². The van der Waals surface area contributed by atoms with Crippen LogP contribution in [0.15, 0.2) is 29.8 Å². The van der Waals surface area contributed by atoms with Crippen molar-refractivity contribution in [2.45, 2.75) is 31.3 Å². The van der Waals surface area contributed by atoms with Crippen LogP contribution in [0.5, 0.6) is 0 Å². The number of benzene rings is 1. The molecule has 0 amide bonds. The molecule has 1 aromatic carbocycles. The molecule has 1 aliphatic rings. The molecule has 1 atom stereocenters. The lowest BCUT2D eigenvalue weighted by molar-refractivity contribution is -0.138. The number of anilines is 1. The van der Waals surface area contributed by atoms with E-state index in [-0.39, 0.29) is 17.3 Å². The second kappa shape index (κ2) is 7.31. The number of ether oxygens (including phenoxy) is 1. The van der Waals surface area contributed by atoms with Crippen molar-refractivity contribution in [2.24, 2.45) is 0 Å². The summed E-state index contributed by atoms with van der Waals surface area (Å²) in [4.78, 5) is 12.3. The standard InChI is InChI=1S/C15H17ClFNO4S/c1-2-22-15(19)11-5-3-4-6-14(11)23(20,21)18-13-8-7-10(17)9-12(13)16/h5,7-9,14,18H,2-4,6H2,1H3/i3D2,4D2,6D2. The molecular formula is C15H17ClFNO4S. The van der Waals surface area contributed by atoms with Crippen LogP contribution >= 0.6 is 11.6 Å². The van der Waals surface area contributed by atoms with Crippen LogP contribution in [0.25, 0.3) is 0 Å². The number of sulfonamides is 1. The Kier molecular flexibility index (Phi) is 3.51. The Bertz CT molecular complexity index is 970. The third-order valence-corrected chi connectivity index (χ3v) is 4.60. The zero-order valence-corrected chi connectivity index (χ0v) is 13.5. The fraction of sp³-hybridized carbons (Fsp3) is 0.400. The number of halogens is 2. The zero-order valence-electron chi connectivity index (χ0n) is 17.9. The average Bonchev–Trinajstić information content (AvgIpc) is 2.55. The number of esters is 1. The predicted molar refractivity (Wildman–Crippen MR) is 86.3 cm³/mol. The van der Waals surface area contributed by atoms with Crippen molar-refractivity contribution >= 4 is 33.3 Å². The Morgan fingerprint density at radius 1 is 1.57 bits per heavy atom. The molecule has 0 saturated heterocycles. The first-order chi connectivity index (χ1) is 13.1. The zero-order chi connectivity index (χ0) is 22.4. The molecule has 0 saturated carbocycles. The fourth-order valence-electron chi connectivity index (χ4n) is 1.78. The second-order valence-electron chi connectivity index (χ2n) is 4.39. The van der Waals surface area contributed by atoms with Gasteiger partial charge in [-0.05, 0) is 44.2 Å². The van der Waals surface area contributed by atoms with E-state index in [1.165, 1.54) is 6.92 Å². The minimum atomic E-state index is -4.92. The summed E-state index contributed by atoms with van der Waals surface area (Å²) < 4.78 is 93.4. The Morgan fingerprint density at radius 3 is 2.96 bits per heavy atom. The largest absolute Gasteiger partial charge is 0.463 e. The average molecular weight is 368 g/mol. The van der Waals surface area contributed by atoms with Gasteiger partial charge in [-0.2, -0.15) is 0 Å². The van der Waals surface area contributed by atoms with Crippen LogP contribution < -0.4 is 4.72 Å². The monoisotopic (exact) mass is 367 g/mol. The van der Waals surface area contributed by atoms with E-state index in [2.05, 4.69) is 0 Å². The molecule has 0 bridgehead atoms. The van der Waals surface area contributed by atoms with Gasteiger partial charge < -0.3 is 4.74 Å². The molecule has 8 heteroatoms. The summed E-state index contributed by atoms with van der Waals surface area (Å²) in [6, 6.07) is 2.66. The van der Waals surface area contributed by atoms with Crippen molar-refractivity contribution in [2.75, 3.05) is 11.3 Å². The van der Waals surface area contributed by atoms with Gasteiger partial charge in [0.1, 0.15) is 11.1 Å². The van der Waals surface area contributed by atoms with E-state index in [0.717, 1.165) is 18.2 Å². The third kappa shape index (κ3) is 4.23. The summed E-state index contributed by atoms with van der Waals surface area (Å²) in [6.45, 7) is 1.20. The van der Waals surface area contributed by atoms with Gasteiger partial charge in [-0.3, -0.25) is 4.72 Å². The van der Waals surface area contributed by atoms with Crippen LogP contribution in [0.1, 0.15) is 34.3 Å². The highest BCUT2D eigenvalue weighted by Gasteiger charge is 2.35.